The molecule has 0 spiro atoms. The fourth-order valence-electron chi connectivity index (χ4n) is 3.57. The molecular weight excluding hydrogens is 387 g/mol. The van der Waals surface area contributed by atoms with E-state index in [9.17, 15) is 0 Å². The monoisotopic (exact) mass is 404 g/mol. The van der Waals surface area contributed by atoms with E-state index in [4.69, 9.17) is 0 Å². The van der Waals surface area contributed by atoms with E-state index in [2.05, 4.69) is 82.8 Å². The van der Waals surface area contributed by atoms with E-state index in [-0.39, 0.29) is 24.8 Å². The summed E-state index contributed by atoms with van der Waals surface area (Å²) in [5.41, 5.74) is 6.65. The van der Waals surface area contributed by atoms with Gasteiger partial charge in [0.1, 0.15) is 0 Å². The van der Waals surface area contributed by atoms with Crippen LogP contribution in [0.1, 0.15) is 0 Å². The Morgan fingerprint density at radius 1 is 0.429 bits per heavy atom. The summed E-state index contributed by atoms with van der Waals surface area (Å²) in [6.07, 6.45) is 3.75. The fraction of sp³-hybridized carbons (Fsp3) is 0. The first-order valence-corrected chi connectivity index (χ1v) is 8.69. The van der Waals surface area contributed by atoms with Gasteiger partial charge in [-0.2, -0.15) is 0 Å². The van der Waals surface area contributed by atoms with Gasteiger partial charge in [0, 0.05) is 23.2 Å². The Kier molecular flexibility index (Phi) is 5.93. The molecule has 0 amide bonds. The van der Waals surface area contributed by atoms with Crippen molar-refractivity contribution in [1.29, 1.82) is 0 Å². The van der Waals surface area contributed by atoms with E-state index >= 15 is 0 Å². The van der Waals surface area contributed by atoms with Gasteiger partial charge < -0.3 is 0 Å². The number of nitrogens with zero attached hydrogens (tertiary/aromatic N) is 2. The highest BCUT2D eigenvalue weighted by atomic mass is 35.5. The molecule has 0 fully saturated rings. The minimum absolute atomic E-state index is 0. The summed E-state index contributed by atoms with van der Waals surface area (Å²) in [4.78, 5) is 9.34. The van der Waals surface area contributed by atoms with Crippen LogP contribution >= 0.6 is 24.8 Å². The lowest BCUT2D eigenvalue weighted by Gasteiger charge is -2.11. The van der Waals surface area contributed by atoms with Crippen LogP contribution in [0.15, 0.2) is 97.3 Å². The van der Waals surface area contributed by atoms with Gasteiger partial charge in [0.15, 0.2) is 0 Å². The maximum absolute atomic E-state index is 4.67. The maximum atomic E-state index is 4.67. The molecule has 4 heteroatoms. The van der Waals surface area contributed by atoms with Crippen LogP contribution in [0.25, 0.3) is 44.1 Å². The second-order valence-corrected chi connectivity index (χ2v) is 6.31. The number of rotatable bonds is 2. The first kappa shape index (κ1) is 19.8. The zero-order valence-corrected chi connectivity index (χ0v) is 16.6. The van der Waals surface area contributed by atoms with Gasteiger partial charge >= 0.3 is 0 Å². The molecule has 0 aliphatic heterocycles. The molecule has 2 heterocycles. The first-order chi connectivity index (χ1) is 12.9. The SMILES string of the molecule is Cl.Cl.c1ccc(-c2ccnc3c2ccc2c(-c4ccccc4)ccnc23)cc1. The summed E-state index contributed by atoms with van der Waals surface area (Å²) in [6, 6.07) is 29.3. The number of hydrogen-bond donors (Lipinski definition) is 0. The summed E-state index contributed by atoms with van der Waals surface area (Å²) >= 11 is 0. The van der Waals surface area contributed by atoms with Crippen molar-refractivity contribution in [3.05, 3.63) is 97.3 Å². The van der Waals surface area contributed by atoms with Crippen LogP contribution in [0, 0.1) is 0 Å². The van der Waals surface area contributed by atoms with Gasteiger partial charge in [-0.3, -0.25) is 9.97 Å². The third-order valence-electron chi connectivity index (χ3n) is 4.79. The molecule has 5 rings (SSSR count). The van der Waals surface area contributed by atoms with E-state index in [0.29, 0.717) is 0 Å². The Morgan fingerprint density at radius 2 is 0.821 bits per heavy atom. The summed E-state index contributed by atoms with van der Waals surface area (Å²) in [6.45, 7) is 0. The van der Waals surface area contributed by atoms with E-state index < -0.39 is 0 Å². The zero-order chi connectivity index (χ0) is 17.3. The largest absolute Gasteiger partial charge is 0.254 e. The number of benzene rings is 3. The van der Waals surface area contributed by atoms with Gasteiger partial charge in [0.05, 0.1) is 11.0 Å². The van der Waals surface area contributed by atoms with Crippen molar-refractivity contribution in [1.82, 2.24) is 9.97 Å². The zero-order valence-electron chi connectivity index (χ0n) is 14.9. The second-order valence-electron chi connectivity index (χ2n) is 6.31. The van der Waals surface area contributed by atoms with Crippen molar-refractivity contribution >= 4 is 46.6 Å². The van der Waals surface area contributed by atoms with Crippen LogP contribution in [-0.4, -0.2) is 9.97 Å². The molecule has 0 unspecified atom stereocenters. The Hall–Kier alpha value is -2.94. The van der Waals surface area contributed by atoms with Crippen molar-refractivity contribution < 1.29 is 0 Å². The van der Waals surface area contributed by atoms with E-state index in [1.54, 1.807) is 0 Å². The molecule has 5 aromatic rings. The number of halogens is 2. The smallest absolute Gasteiger partial charge is 0.0970 e. The summed E-state index contributed by atoms with van der Waals surface area (Å²) in [5.74, 6) is 0. The van der Waals surface area contributed by atoms with Crippen LogP contribution in [-0.2, 0) is 0 Å². The lowest BCUT2D eigenvalue weighted by molar-refractivity contribution is 1.37. The summed E-state index contributed by atoms with van der Waals surface area (Å²) < 4.78 is 0. The van der Waals surface area contributed by atoms with E-state index in [1.807, 2.05) is 24.5 Å². The highest BCUT2D eigenvalue weighted by Gasteiger charge is 2.11. The highest BCUT2D eigenvalue weighted by Crippen LogP contribution is 2.34. The molecular formula is C24H18Cl2N2. The average molecular weight is 405 g/mol. The standard InChI is InChI=1S/C24H16N2.2ClH/c1-3-7-17(8-4-1)19-13-15-25-23-21(19)11-12-22-20(14-16-26-24(22)23)18-9-5-2-6-10-18;;/h1-16H;2*1H. The molecule has 28 heavy (non-hydrogen) atoms. The normalized spacial score (nSPS) is 10.3. The fourth-order valence-corrected chi connectivity index (χ4v) is 3.57. The Labute approximate surface area is 176 Å². The predicted molar refractivity (Wildman–Crippen MR) is 122 cm³/mol. The molecule has 138 valence electrons. The lowest BCUT2D eigenvalue weighted by atomic mass is 9.97. The minimum Gasteiger partial charge on any atom is -0.254 e. The van der Waals surface area contributed by atoms with Crippen LogP contribution in [0.5, 0.6) is 0 Å². The van der Waals surface area contributed by atoms with Crippen LogP contribution in [0.2, 0.25) is 0 Å². The minimum atomic E-state index is 0. The third kappa shape index (κ3) is 3.33. The van der Waals surface area contributed by atoms with Crippen molar-refractivity contribution in [2.24, 2.45) is 0 Å². The van der Waals surface area contributed by atoms with Gasteiger partial charge in [-0.15, -0.1) is 24.8 Å². The molecule has 0 aliphatic carbocycles. The van der Waals surface area contributed by atoms with E-state index in [0.717, 1.165) is 21.8 Å². The Morgan fingerprint density at radius 3 is 1.21 bits per heavy atom. The van der Waals surface area contributed by atoms with Crippen molar-refractivity contribution in [2.75, 3.05) is 0 Å². The van der Waals surface area contributed by atoms with Crippen LogP contribution in [0.3, 0.4) is 0 Å². The topological polar surface area (TPSA) is 25.8 Å². The molecule has 0 radical (unpaired) electrons. The number of fused-ring (bicyclic) bond motifs is 3. The van der Waals surface area contributed by atoms with Gasteiger partial charge in [0.2, 0.25) is 0 Å². The molecule has 0 aliphatic rings. The van der Waals surface area contributed by atoms with Crippen LogP contribution < -0.4 is 0 Å². The third-order valence-corrected chi connectivity index (χ3v) is 4.79. The van der Waals surface area contributed by atoms with Gasteiger partial charge in [0.25, 0.3) is 0 Å². The number of hydrogen-bond acceptors (Lipinski definition) is 2. The molecule has 0 N–H and O–H groups in total. The van der Waals surface area contributed by atoms with Crippen LogP contribution in [0.4, 0.5) is 0 Å². The number of aromatic nitrogens is 2. The lowest BCUT2D eigenvalue weighted by Crippen LogP contribution is -1.90. The molecule has 0 saturated heterocycles. The Balaban J connectivity index is 0.00000112. The second kappa shape index (κ2) is 8.39. The predicted octanol–water partition coefficient (Wildman–Crippen LogP) is 6.96. The molecule has 0 atom stereocenters. The first-order valence-electron chi connectivity index (χ1n) is 8.69. The van der Waals surface area contributed by atoms with Crippen molar-refractivity contribution in [3.8, 4) is 22.3 Å². The average Bonchev–Trinajstić information content (AvgIpc) is 2.74. The molecule has 0 bridgehead atoms. The summed E-state index contributed by atoms with van der Waals surface area (Å²) in [7, 11) is 0. The number of pyridine rings is 2. The van der Waals surface area contributed by atoms with E-state index in [1.165, 1.54) is 22.3 Å². The molecule has 2 aromatic heterocycles. The maximum Gasteiger partial charge on any atom is 0.0970 e. The molecule has 2 nitrogen and oxygen atoms in total. The van der Waals surface area contributed by atoms with Crippen molar-refractivity contribution in [3.63, 3.8) is 0 Å². The van der Waals surface area contributed by atoms with Gasteiger partial charge in [-0.05, 0) is 34.4 Å². The van der Waals surface area contributed by atoms with Gasteiger partial charge in [-0.1, -0.05) is 72.8 Å². The van der Waals surface area contributed by atoms with Gasteiger partial charge in [-0.25, -0.2) is 0 Å². The quantitative estimate of drug-likeness (QED) is 0.297. The van der Waals surface area contributed by atoms with Crippen molar-refractivity contribution in [2.45, 2.75) is 0 Å². The molecule has 3 aromatic carbocycles. The highest BCUT2D eigenvalue weighted by molar-refractivity contribution is 6.11. The summed E-state index contributed by atoms with van der Waals surface area (Å²) in [5, 5.41) is 2.26. The molecule has 0 saturated carbocycles. The Bertz CT molecular complexity index is 1120.